The zero-order valence-electron chi connectivity index (χ0n) is 12.7. The van der Waals surface area contributed by atoms with E-state index >= 15 is 0 Å². The van der Waals surface area contributed by atoms with Crippen molar-refractivity contribution in [3.63, 3.8) is 0 Å². The summed E-state index contributed by atoms with van der Waals surface area (Å²) in [7, 11) is 1.66. The maximum Gasteiger partial charge on any atom is 0.341 e. The van der Waals surface area contributed by atoms with Gasteiger partial charge in [-0.3, -0.25) is 9.69 Å². The molecule has 120 valence electrons. The number of nitrogens with one attached hydrogen (secondary N) is 1. The van der Waals surface area contributed by atoms with E-state index in [1.807, 2.05) is 18.2 Å². The van der Waals surface area contributed by atoms with Gasteiger partial charge in [-0.1, -0.05) is 18.2 Å². The maximum atomic E-state index is 11.4. The molecule has 1 heterocycles. The highest BCUT2D eigenvalue weighted by molar-refractivity contribution is 5.75. The van der Waals surface area contributed by atoms with Crippen LogP contribution < -0.4 is 10.1 Å². The molecule has 22 heavy (non-hydrogen) atoms. The second-order valence-corrected chi connectivity index (χ2v) is 5.56. The van der Waals surface area contributed by atoms with Crippen LogP contribution in [0.3, 0.4) is 0 Å². The first-order valence-electron chi connectivity index (χ1n) is 7.44. The first-order chi connectivity index (χ1) is 10.6. The standard InChI is InChI=1S/C16H22N2O4/c1-17-15(19)8-12-6-7-18(9-12)10-13-4-2-3-5-14(13)22-11-16(20)21/h2-5,12H,6-11H2,1H3,(H,17,19)(H,20,21). The van der Waals surface area contributed by atoms with Crippen LogP contribution in [0.25, 0.3) is 0 Å². The quantitative estimate of drug-likeness (QED) is 0.789. The van der Waals surface area contributed by atoms with Gasteiger partial charge in [-0.15, -0.1) is 0 Å². The van der Waals surface area contributed by atoms with Gasteiger partial charge < -0.3 is 15.2 Å². The number of likely N-dealkylation sites (tertiary alicyclic amines) is 1. The number of benzene rings is 1. The molecule has 0 saturated carbocycles. The lowest BCUT2D eigenvalue weighted by molar-refractivity contribution is -0.139. The second-order valence-electron chi connectivity index (χ2n) is 5.56. The van der Waals surface area contributed by atoms with E-state index in [9.17, 15) is 9.59 Å². The molecular formula is C16H22N2O4. The zero-order valence-corrected chi connectivity index (χ0v) is 12.7. The SMILES string of the molecule is CNC(=O)CC1CCN(Cc2ccccc2OCC(=O)O)C1. The number of rotatable bonds is 7. The minimum atomic E-state index is -0.985. The molecule has 0 bridgehead atoms. The second kappa shape index (κ2) is 7.79. The fraction of sp³-hybridized carbons (Fsp3) is 0.500. The molecule has 1 saturated heterocycles. The summed E-state index contributed by atoms with van der Waals surface area (Å²) in [5, 5.41) is 11.4. The third-order valence-electron chi connectivity index (χ3n) is 3.84. The number of carboxylic acid groups (broad SMARTS) is 1. The van der Waals surface area contributed by atoms with E-state index in [1.54, 1.807) is 13.1 Å². The molecule has 1 amide bonds. The number of ether oxygens (including phenoxy) is 1. The molecule has 6 heteroatoms. The van der Waals surface area contributed by atoms with Crippen molar-refractivity contribution in [2.75, 3.05) is 26.7 Å². The fourth-order valence-electron chi connectivity index (χ4n) is 2.74. The summed E-state index contributed by atoms with van der Waals surface area (Å²) in [5.41, 5.74) is 0.976. The van der Waals surface area contributed by atoms with Crippen molar-refractivity contribution < 1.29 is 19.4 Å². The molecule has 0 aromatic heterocycles. The zero-order chi connectivity index (χ0) is 15.9. The fourth-order valence-corrected chi connectivity index (χ4v) is 2.74. The van der Waals surface area contributed by atoms with E-state index < -0.39 is 5.97 Å². The lowest BCUT2D eigenvalue weighted by atomic mass is 10.0. The van der Waals surface area contributed by atoms with Crippen LogP contribution in [0.1, 0.15) is 18.4 Å². The Labute approximate surface area is 130 Å². The number of aliphatic carboxylic acids is 1. The Morgan fingerprint density at radius 2 is 2.18 bits per heavy atom. The van der Waals surface area contributed by atoms with Gasteiger partial charge >= 0.3 is 5.97 Å². The Morgan fingerprint density at radius 1 is 1.41 bits per heavy atom. The predicted molar refractivity (Wildman–Crippen MR) is 81.6 cm³/mol. The van der Waals surface area contributed by atoms with Crippen molar-refractivity contribution in [1.29, 1.82) is 0 Å². The summed E-state index contributed by atoms with van der Waals surface area (Å²) in [5.74, 6) is 0.0883. The van der Waals surface area contributed by atoms with Crippen LogP contribution in [0.4, 0.5) is 0 Å². The van der Waals surface area contributed by atoms with Crippen molar-refractivity contribution >= 4 is 11.9 Å². The maximum absolute atomic E-state index is 11.4. The van der Waals surface area contributed by atoms with Crippen molar-refractivity contribution in [2.45, 2.75) is 19.4 Å². The molecule has 1 unspecified atom stereocenters. The summed E-state index contributed by atoms with van der Waals surface area (Å²) in [6.07, 6.45) is 1.57. The number of amides is 1. The van der Waals surface area contributed by atoms with Crippen LogP contribution in [0.5, 0.6) is 5.75 Å². The van der Waals surface area contributed by atoms with Gasteiger partial charge in [0, 0.05) is 32.1 Å². The van der Waals surface area contributed by atoms with Crippen molar-refractivity contribution in [3.8, 4) is 5.75 Å². The molecule has 0 spiro atoms. The molecule has 2 rings (SSSR count). The summed E-state index contributed by atoms with van der Waals surface area (Å²) >= 11 is 0. The molecule has 0 radical (unpaired) electrons. The molecular weight excluding hydrogens is 284 g/mol. The van der Waals surface area contributed by atoms with Gasteiger partial charge in [0.05, 0.1) is 0 Å². The van der Waals surface area contributed by atoms with Gasteiger partial charge in [-0.2, -0.15) is 0 Å². The third-order valence-corrected chi connectivity index (χ3v) is 3.84. The summed E-state index contributed by atoms with van der Waals surface area (Å²) in [4.78, 5) is 24.3. The average molecular weight is 306 g/mol. The van der Waals surface area contributed by atoms with Gasteiger partial charge in [0.1, 0.15) is 5.75 Å². The van der Waals surface area contributed by atoms with E-state index in [0.29, 0.717) is 24.6 Å². The monoisotopic (exact) mass is 306 g/mol. The normalized spacial score (nSPS) is 18.1. The number of carboxylic acids is 1. The Bertz CT molecular complexity index is 533. The molecule has 0 aliphatic carbocycles. The average Bonchev–Trinajstić information content (AvgIpc) is 2.93. The van der Waals surface area contributed by atoms with Crippen molar-refractivity contribution in [2.24, 2.45) is 5.92 Å². The minimum absolute atomic E-state index is 0.0806. The Kier molecular flexibility index (Phi) is 5.77. The van der Waals surface area contributed by atoms with Crippen LogP contribution >= 0.6 is 0 Å². The smallest absolute Gasteiger partial charge is 0.341 e. The molecule has 2 N–H and O–H groups in total. The largest absolute Gasteiger partial charge is 0.482 e. The van der Waals surface area contributed by atoms with E-state index in [-0.39, 0.29) is 12.5 Å². The van der Waals surface area contributed by atoms with Crippen LogP contribution in [0.2, 0.25) is 0 Å². The van der Waals surface area contributed by atoms with Crippen LogP contribution in [-0.2, 0) is 16.1 Å². The van der Waals surface area contributed by atoms with Crippen LogP contribution in [0.15, 0.2) is 24.3 Å². The third kappa shape index (κ3) is 4.73. The summed E-state index contributed by atoms with van der Waals surface area (Å²) in [6, 6.07) is 7.49. The van der Waals surface area contributed by atoms with E-state index in [4.69, 9.17) is 9.84 Å². The highest BCUT2D eigenvalue weighted by Gasteiger charge is 2.24. The molecule has 1 aromatic carbocycles. The lowest BCUT2D eigenvalue weighted by Crippen LogP contribution is -2.24. The molecule has 6 nitrogen and oxygen atoms in total. The Morgan fingerprint density at radius 3 is 2.91 bits per heavy atom. The van der Waals surface area contributed by atoms with Crippen LogP contribution in [-0.4, -0.2) is 48.6 Å². The molecule has 1 atom stereocenters. The Balaban J connectivity index is 1.91. The molecule has 1 fully saturated rings. The number of hydrogen-bond acceptors (Lipinski definition) is 4. The van der Waals surface area contributed by atoms with Crippen molar-refractivity contribution in [1.82, 2.24) is 10.2 Å². The topological polar surface area (TPSA) is 78.9 Å². The first kappa shape index (κ1) is 16.3. The minimum Gasteiger partial charge on any atom is -0.482 e. The molecule has 1 aliphatic heterocycles. The van der Waals surface area contributed by atoms with E-state index in [2.05, 4.69) is 10.2 Å². The van der Waals surface area contributed by atoms with Gasteiger partial charge in [-0.05, 0) is 24.9 Å². The first-order valence-corrected chi connectivity index (χ1v) is 7.44. The number of carbonyl (C=O) groups is 2. The van der Waals surface area contributed by atoms with Gasteiger partial charge in [0.25, 0.3) is 0 Å². The molecule has 1 aliphatic rings. The number of hydrogen-bond donors (Lipinski definition) is 2. The summed E-state index contributed by atoms with van der Waals surface area (Å²) in [6.45, 7) is 2.19. The highest BCUT2D eigenvalue weighted by Crippen LogP contribution is 2.25. The summed E-state index contributed by atoms with van der Waals surface area (Å²) < 4.78 is 5.33. The van der Waals surface area contributed by atoms with E-state index in [0.717, 1.165) is 25.1 Å². The number of para-hydroxylation sites is 1. The van der Waals surface area contributed by atoms with Gasteiger partial charge in [0.2, 0.25) is 5.91 Å². The Hall–Kier alpha value is -2.08. The number of nitrogens with zero attached hydrogens (tertiary/aromatic N) is 1. The molecule has 1 aromatic rings. The highest BCUT2D eigenvalue weighted by atomic mass is 16.5. The van der Waals surface area contributed by atoms with Crippen molar-refractivity contribution in [3.05, 3.63) is 29.8 Å². The van der Waals surface area contributed by atoms with Gasteiger partial charge in [-0.25, -0.2) is 4.79 Å². The van der Waals surface area contributed by atoms with Crippen LogP contribution in [0, 0.1) is 5.92 Å². The lowest BCUT2D eigenvalue weighted by Gasteiger charge is -2.18. The number of carbonyl (C=O) groups excluding carboxylic acids is 1. The predicted octanol–water partition coefficient (Wildman–Crippen LogP) is 1.11. The van der Waals surface area contributed by atoms with Gasteiger partial charge in [0.15, 0.2) is 6.61 Å². The van der Waals surface area contributed by atoms with E-state index in [1.165, 1.54) is 0 Å².